The summed E-state index contributed by atoms with van der Waals surface area (Å²) in [6.45, 7) is 0.573. The molecule has 3 aromatic carbocycles. The van der Waals surface area contributed by atoms with Crippen LogP contribution in [0.5, 0.6) is 5.75 Å². The SMILES string of the molecule is C(=NNc1ccccc1)c1ccc(OCc2ccccc2)cc1. The van der Waals surface area contributed by atoms with Crippen molar-refractivity contribution in [1.82, 2.24) is 0 Å². The smallest absolute Gasteiger partial charge is 0.119 e. The fraction of sp³-hybridized carbons (Fsp3) is 0.0500. The van der Waals surface area contributed by atoms with E-state index in [0.29, 0.717) is 6.61 Å². The summed E-state index contributed by atoms with van der Waals surface area (Å²) in [4.78, 5) is 0. The van der Waals surface area contributed by atoms with Gasteiger partial charge in [-0.25, -0.2) is 0 Å². The largest absolute Gasteiger partial charge is 0.489 e. The first-order valence-electron chi connectivity index (χ1n) is 7.51. The van der Waals surface area contributed by atoms with Gasteiger partial charge in [-0.3, -0.25) is 5.43 Å². The van der Waals surface area contributed by atoms with E-state index >= 15 is 0 Å². The fourth-order valence-corrected chi connectivity index (χ4v) is 2.09. The lowest BCUT2D eigenvalue weighted by atomic mass is 10.2. The molecule has 3 aromatic rings. The summed E-state index contributed by atoms with van der Waals surface area (Å²) in [5, 5.41) is 4.22. The lowest BCUT2D eigenvalue weighted by molar-refractivity contribution is 0.306. The highest BCUT2D eigenvalue weighted by molar-refractivity contribution is 5.80. The Kier molecular flexibility index (Phi) is 5.04. The standard InChI is InChI=1S/C20H18N2O/c1-3-7-18(8-4-1)16-23-20-13-11-17(12-14-20)15-21-22-19-9-5-2-6-10-19/h1-15,22H,16H2. The van der Waals surface area contributed by atoms with E-state index < -0.39 is 0 Å². The molecule has 0 atom stereocenters. The molecule has 0 aliphatic carbocycles. The minimum atomic E-state index is 0.573. The van der Waals surface area contributed by atoms with E-state index in [0.717, 1.165) is 22.6 Å². The van der Waals surface area contributed by atoms with Crippen LogP contribution in [0.2, 0.25) is 0 Å². The first kappa shape index (κ1) is 14.9. The van der Waals surface area contributed by atoms with Gasteiger partial charge in [-0.15, -0.1) is 0 Å². The molecular formula is C20H18N2O. The minimum absolute atomic E-state index is 0.573. The number of hydrazone groups is 1. The second-order valence-electron chi connectivity index (χ2n) is 5.08. The third kappa shape index (κ3) is 4.71. The van der Waals surface area contributed by atoms with Crippen LogP contribution in [0.4, 0.5) is 5.69 Å². The van der Waals surface area contributed by atoms with Crippen molar-refractivity contribution in [2.75, 3.05) is 5.43 Å². The molecule has 0 heterocycles. The van der Waals surface area contributed by atoms with E-state index in [4.69, 9.17) is 4.74 Å². The van der Waals surface area contributed by atoms with Gasteiger partial charge in [-0.1, -0.05) is 48.5 Å². The third-order valence-corrected chi connectivity index (χ3v) is 3.31. The number of anilines is 1. The van der Waals surface area contributed by atoms with Gasteiger partial charge in [0, 0.05) is 0 Å². The van der Waals surface area contributed by atoms with Gasteiger partial charge in [-0.05, 0) is 47.5 Å². The number of rotatable bonds is 6. The van der Waals surface area contributed by atoms with Crippen LogP contribution in [0.15, 0.2) is 90.0 Å². The number of ether oxygens (including phenoxy) is 1. The van der Waals surface area contributed by atoms with Gasteiger partial charge in [-0.2, -0.15) is 5.10 Å². The Morgan fingerprint density at radius 3 is 2.13 bits per heavy atom. The molecule has 0 unspecified atom stereocenters. The normalized spacial score (nSPS) is 10.6. The van der Waals surface area contributed by atoms with Crippen molar-refractivity contribution < 1.29 is 4.74 Å². The Labute approximate surface area is 136 Å². The van der Waals surface area contributed by atoms with Gasteiger partial charge < -0.3 is 4.74 Å². The molecule has 0 saturated carbocycles. The minimum Gasteiger partial charge on any atom is -0.489 e. The molecule has 0 aliphatic heterocycles. The van der Waals surface area contributed by atoms with Gasteiger partial charge >= 0.3 is 0 Å². The summed E-state index contributed by atoms with van der Waals surface area (Å²) in [6, 6.07) is 27.8. The van der Waals surface area contributed by atoms with Crippen LogP contribution >= 0.6 is 0 Å². The number of benzene rings is 3. The Morgan fingerprint density at radius 1 is 0.783 bits per heavy atom. The number of nitrogens with one attached hydrogen (secondary N) is 1. The summed E-state index contributed by atoms with van der Waals surface area (Å²) in [5.74, 6) is 0.849. The maximum atomic E-state index is 5.76. The van der Waals surface area contributed by atoms with Crippen LogP contribution in [-0.2, 0) is 6.61 Å². The molecule has 0 spiro atoms. The summed E-state index contributed by atoms with van der Waals surface area (Å²) in [7, 11) is 0. The molecule has 1 N–H and O–H groups in total. The number of hydrogen-bond acceptors (Lipinski definition) is 3. The zero-order chi connectivity index (χ0) is 15.7. The maximum Gasteiger partial charge on any atom is 0.119 e. The zero-order valence-electron chi connectivity index (χ0n) is 12.7. The van der Waals surface area contributed by atoms with Gasteiger partial charge in [0.05, 0.1) is 11.9 Å². The molecule has 0 amide bonds. The molecular weight excluding hydrogens is 284 g/mol. The number of nitrogens with zero attached hydrogens (tertiary/aromatic N) is 1. The average molecular weight is 302 g/mol. The van der Waals surface area contributed by atoms with E-state index in [1.54, 1.807) is 6.21 Å². The highest BCUT2D eigenvalue weighted by atomic mass is 16.5. The molecule has 0 bridgehead atoms. The molecule has 0 fully saturated rings. The van der Waals surface area contributed by atoms with Gasteiger partial charge in [0.1, 0.15) is 12.4 Å². The number of hydrogen-bond donors (Lipinski definition) is 1. The highest BCUT2D eigenvalue weighted by Gasteiger charge is 1.96. The molecule has 3 heteroatoms. The Morgan fingerprint density at radius 2 is 1.43 bits per heavy atom. The van der Waals surface area contributed by atoms with Crippen LogP contribution in [0.3, 0.4) is 0 Å². The number of para-hydroxylation sites is 1. The van der Waals surface area contributed by atoms with Crippen molar-refractivity contribution in [3.63, 3.8) is 0 Å². The van der Waals surface area contributed by atoms with Crippen molar-refractivity contribution in [3.8, 4) is 5.75 Å². The second-order valence-corrected chi connectivity index (χ2v) is 5.08. The van der Waals surface area contributed by atoms with E-state index in [-0.39, 0.29) is 0 Å². The van der Waals surface area contributed by atoms with E-state index in [9.17, 15) is 0 Å². The van der Waals surface area contributed by atoms with Crippen LogP contribution in [0, 0.1) is 0 Å². The van der Waals surface area contributed by atoms with Crippen molar-refractivity contribution in [2.45, 2.75) is 6.61 Å². The summed E-state index contributed by atoms with van der Waals surface area (Å²) in [5.41, 5.74) is 6.13. The van der Waals surface area contributed by atoms with Gasteiger partial charge in [0.15, 0.2) is 0 Å². The Bertz CT molecular complexity index is 738. The molecule has 0 radical (unpaired) electrons. The summed E-state index contributed by atoms with van der Waals surface area (Å²) >= 11 is 0. The zero-order valence-corrected chi connectivity index (χ0v) is 12.7. The van der Waals surface area contributed by atoms with Crippen LogP contribution in [-0.4, -0.2) is 6.21 Å². The highest BCUT2D eigenvalue weighted by Crippen LogP contribution is 2.13. The molecule has 0 aliphatic rings. The Balaban J connectivity index is 1.52. The van der Waals surface area contributed by atoms with Gasteiger partial charge in [0.2, 0.25) is 0 Å². The predicted octanol–water partition coefficient (Wildman–Crippen LogP) is 4.71. The lowest BCUT2D eigenvalue weighted by Gasteiger charge is -2.06. The lowest BCUT2D eigenvalue weighted by Crippen LogP contribution is -1.95. The first-order valence-corrected chi connectivity index (χ1v) is 7.51. The topological polar surface area (TPSA) is 33.6 Å². The van der Waals surface area contributed by atoms with Crippen LogP contribution < -0.4 is 10.2 Å². The van der Waals surface area contributed by atoms with Gasteiger partial charge in [0.25, 0.3) is 0 Å². The van der Waals surface area contributed by atoms with Crippen molar-refractivity contribution in [2.24, 2.45) is 5.10 Å². The molecule has 3 nitrogen and oxygen atoms in total. The van der Waals surface area contributed by atoms with E-state index in [2.05, 4.69) is 22.7 Å². The first-order chi connectivity index (χ1) is 11.4. The van der Waals surface area contributed by atoms with Crippen molar-refractivity contribution in [1.29, 1.82) is 0 Å². The molecule has 0 aromatic heterocycles. The van der Waals surface area contributed by atoms with Crippen LogP contribution in [0.1, 0.15) is 11.1 Å². The monoisotopic (exact) mass is 302 g/mol. The van der Waals surface area contributed by atoms with Crippen molar-refractivity contribution in [3.05, 3.63) is 96.1 Å². The Hall–Kier alpha value is -3.07. The molecule has 23 heavy (non-hydrogen) atoms. The van der Waals surface area contributed by atoms with E-state index in [1.165, 1.54) is 0 Å². The van der Waals surface area contributed by atoms with Crippen LogP contribution in [0.25, 0.3) is 0 Å². The molecule has 114 valence electrons. The van der Waals surface area contributed by atoms with Crippen molar-refractivity contribution >= 4 is 11.9 Å². The fourth-order valence-electron chi connectivity index (χ4n) is 2.09. The molecule has 0 saturated heterocycles. The summed E-state index contributed by atoms with van der Waals surface area (Å²) < 4.78 is 5.76. The summed E-state index contributed by atoms with van der Waals surface area (Å²) in [6.07, 6.45) is 1.79. The quantitative estimate of drug-likeness (QED) is 0.528. The maximum absolute atomic E-state index is 5.76. The molecule has 3 rings (SSSR count). The second kappa shape index (κ2) is 7.80. The average Bonchev–Trinajstić information content (AvgIpc) is 2.63. The van der Waals surface area contributed by atoms with E-state index in [1.807, 2.05) is 72.8 Å². The predicted molar refractivity (Wildman–Crippen MR) is 94.9 cm³/mol. The third-order valence-electron chi connectivity index (χ3n) is 3.31.